The molecular formula is C23H30N4O3. The van der Waals surface area contributed by atoms with Crippen molar-refractivity contribution < 1.29 is 14.6 Å². The number of nitrogens with zero attached hydrogens (tertiary/aromatic N) is 2. The van der Waals surface area contributed by atoms with Gasteiger partial charge in [-0.15, -0.1) is 0 Å². The Bertz CT molecular complexity index is 1060. The number of carbonyl (C=O) groups is 1. The molecule has 4 rings (SSSR count). The predicted octanol–water partition coefficient (Wildman–Crippen LogP) is 4.34. The maximum atomic E-state index is 12.1. The summed E-state index contributed by atoms with van der Waals surface area (Å²) in [6.45, 7) is 6.88. The van der Waals surface area contributed by atoms with Crippen LogP contribution in [0.15, 0.2) is 30.3 Å². The van der Waals surface area contributed by atoms with Gasteiger partial charge in [-0.3, -0.25) is 0 Å². The number of anilines is 1. The quantitative estimate of drug-likeness (QED) is 0.528. The van der Waals surface area contributed by atoms with Crippen LogP contribution in [-0.2, 0) is 4.74 Å². The Hall–Kier alpha value is -2.64. The average Bonchev–Trinajstić information content (AvgIpc) is 3.26. The van der Waals surface area contributed by atoms with Crippen LogP contribution in [0.3, 0.4) is 0 Å². The van der Waals surface area contributed by atoms with Gasteiger partial charge in [-0.2, -0.15) is 0 Å². The first-order valence-electron chi connectivity index (χ1n) is 10.7. The molecule has 7 heteroatoms. The summed E-state index contributed by atoms with van der Waals surface area (Å²) in [6, 6.07) is 9.83. The number of aliphatic hydroxyl groups excluding tert-OH is 1. The first-order chi connectivity index (χ1) is 14.5. The zero-order valence-electron chi connectivity index (χ0n) is 17.8. The van der Waals surface area contributed by atoms with Gasteiger partial charge in [-0.1, -0.05) is 32.4 Å². The number of ether oxygens (including phenoxy) is 1. The molecule has 0 spiro atoms. The van der Waals surface area contributed by atoms with Gasteiger partial charge in [0, 0.05) is 17.6 Å². The van der Waals surface area contributed by atoms with Crippen LogP contribution < -0.4 is 10.6 Å². The fourth-order valence-electron chi connectivity index (χ4n) is 4.24. The topological polar surface area (TPSA) is 88.4 Å². The summed E-state index contributed by atoms with van der Waals surface area (Å²) in [5, 5.41) is 17.4. The number of imidazole rings is 1. The van der Waals surface area contributed by atoms with Crippen LogP contribution in [-0.4, -0.2) is 39.9 Å². The number of aliphatic hydroxyl groups is 1. The molecule has 1 fully saturated rings. The molecule has 1 aliphatic rings. The van der Waals surface area contributed by atoms with Crippen molar-refractivity contribution in [1.29, 1.82) is 0 Å². The summed E-state index contributed by atoms with van der Waals surface area (Å²) in [6.07, 6.45) is 2.56. The van der Waals surface area contributed by atoms with E-state index in [0.29, 0.717) is 12.5 Å². The van der Waals surface area contributed by atoms with E-state index in [1.54, 1.807) is 0 Å². The van der Waals surface area contributed by atoms with E-state index in [9.17, 15) is 9.90 Å². The minimum Gasteiger partial charge on any atom is -0.394 e. The largest absolute Gasteiger partial charge is 0.394 e. The summed E-state index contributed by atoms with van der Waals surface area (Å²) >= 11 is 0. The van der Waals surface area contributed by atoms with Crippen molar-refractivity contribution in [2.24, 2.45) is 5.92 Å². The Morgan fingerprint density at radius 2 is 2.13 bits per heavy atom. The van der Waals surface area contributed by atoms with Crippen molar-refractivity contribution >= 4 is 33.5 Å². The summed E-state index contributed by atoms with van der Waals surface area (Å²) in [4.78, 5) is 17.0. The van der Waals surface area contributed by atoms with Gasteiger partial charge in [0.2, 0.25) is 0 Å². The molecular weight excluding hydrogens is 380 g/mol. The van der Waals surface area contributed by atoms with Crippen molar-refractivity contribution in [3.63, 3.8) is 0 Å². The maximum Gasteiger partial charge on any atom is 0.319 e. The van der Waals surface area contributed by atoms with E-state index in [1.165, 1.54) is 0 Å². The van der Waals surface area contributed by atoms with E-state index in [1.807, 2.05) is 25.1 Å². The van der Waals surface area contributed by atoms with Crippen molar-refractivity contribution in [2.75, 3.05) is 18.5 Å². The highest BCUT2D eigenvalue weighted by Gasteiger charge is 2.34. The minimum atomic E-state index is -0.194. The number of carbonyl (C=O) groups excluding carboxylic acids is 1. The molecule has 1 aliphatic heterocycles. The molecule has 0 bridgehead atoms. The van der Waals surface area contributed by atoms with E-state index in [2.05, 4.69) is 41.2 Å². The highest BCUT2D eigenvalue weighted by molar-refractivity contribution is 6.06. The Balaban J connectivity index is 1.67. The number of rotatable bonds is 6. The lowest BCUT2D eigenvalue weighted by Crippen LogP contribution is -2.29. The van der Waals surface area contributed by atoms with Crippen molar-refractivity contribution in [1.82, 2.24) is 14.9 Å². The van der Waals surface area contributed by atoms with Gasteiger partial charge in [0.15, 0.2) is 0 Å². The number of aromatic nitrogens is 2. The zero-order chi connectivity index (χ0) is 21.3. The highest BCUT2D eigenvalue weighted by Crippen LogP contribution is 2.37. The average molecular weight is 411 g/mol. The van der Waals surface area contributed by atoms with Gasteiger partial charge in [-0.05, 0) is 49.3 Å². The number of unbranched alkanes of at least 4 members (excludes halogenated alkanes) is 1. The smallest absolute Gasteiger partial charge is 0.319 e. The van der Waals surface area contributed by atoms with Crippen LogP contribution in [0.4, 0.5) is 10.5 Å². The molecule has 160 valence electrons. The van der Waals surface area contributed by atoms with Crippen LogP contribution in [0.5, 0.6) is 0 Å². The molecule has 1 aromatic heterocycles. The molecule has 3 N–H and O–H groups in total. The molecule has 0 aliphatic carbocycles. The third-order valence-electron chi connectivity index (χ3n) is 5.94. The lowest BCUT2D eigenvalue weighted by molar-refractivity contribution is -0.0283. The van der Waals surface area contributed by atoms with E-state index < -0.39 is 0 Å². The molecule has 0 unspecified atom stereocenters. The van der Waals surface area contributed by atoms with Crippen molar-refractivity contribution in [3.8, 4) is 0 Å². The number of fused-ring (bicyclic) bond motifs is 3. The van der Waals surface area contributed by atoms with Crippen molar-refractivity contribution in [3.05, 3.63) is 36.2 Å². The summed E-state index contributed by atoms with van der Waals surface area (Å²) < 4.78 is 8.22. The fraction of sp³-hybridized carbons (Fsp3) is 0.478. The number of urea groups is 1. The predicted molar refractivity (Wildman–Crippen MR) is 119 cm³/mol. The first kappa shape index (κ1) is 20.6. The summed E-state index contributed by atoms with van der Waals surface area (Å²) in [5.41, 5.74) is 2.63. The Kier molecular flexibility index (Phi) is 5.92. The summed E-state index contributed by atoms with van der Waals surface area (Å²) in [7, 11) is 0. The van der Waals surface area contributed by atoms with Gasteiger partial charge >= 0.3 is 6.03 Å². The number of nitrogens with one attached hydrogen (secondary N) is 2. The Morgan fingerprint density at radius 1 is 1.33 bits per heavy atom. The third kappa shape index (κ3) is 3.87. The van der Waals surface area contributed by atoms with E-state index in [4.69, 9.17) is 9.72 Å². The summed E-state index contributed by atoms with van der Waals surface area (Å²) in [5.74, 6) is 1.17. The van der Waals surface area contributed by atoms with Gasteiger partial charge in [0.25, 0.3) is 0 Å². The number of amides is 2. The Labute approximate surface area is 176 Å². The van der Waals surface area contributed by atoms with Crippen LogP contribution in [0, 0.1) is 12.8 Å². The monoisotopic (exact) mass is 410 g/mol. The van der Waals surface area contributed by atoms with E-state index >= 15 is 0 Å². The Morgan fingerprint density at radius 3 is 2.87 bits per heavy atom. The van der Waals surface area contributed by atoms with Gasteiger partial charge < -0.3 is 25.0 Å². The van der Waals surface area contributed by atoms with E-state index in [-0.39, 0.29) is 25.0 Å². The molecule has 30 heavy (non-hydrogen) atoms. The second-order valence-electron chi connectivity index (χ2n) is 8.16. The SMILES string of the molecule is CCCCNC(=O)Nc1ccc2ccc3c(nc(C)n3[C@H]3C[C@H](C)[C@@H](CO)O3)c2c1. The highest BCUT2D eigenvalue weighted by atomic mass is 16.5. The van der Waals surface area contributed by atoms with Crippen LogP contribution >= 0.6 is 0 Å². The normalized spacial score (nSPS) is 21.4. The second kappa shape index (κ2) is 8.62. The minimum absolute atomic E-state index is 0.0294. The lowest BCUT2D eigenvalue weighted by atomic mass is 10.0. The van der Waals surface area contributed by atoms with Gasteiger partial charge in [0.05, 0.1) is 23.7 Å². The standard InChI is InChI=1S/C23H30N4O3/c1-4-5-10-24-23(29)26-17-8-6-16-7-9-19-22(18(16)12-17)25-15(3)27(19)21-11-14(2)20(13-28)30-21/h6-9,12,14,20-21,28H,4-5,10-11,13H2,1-3H3,(H2,24,26,29)/t14-,20+,21+/m0/s1. The molecule has 0 radical (unpaired) electrons. The molecule has 0 saturated carbocycles. The fourth-order valence-corrected chi connectivity index (χ4v) is 4.24. The zero-order valence-corrected chi connectivity index (χ0v) is 17.8. The third-order valence-corrected chi connectivity index (χ3v) is 5.94. The molecule has 7 nitrogen and oxygen atoms in total. The van der Waals surface area contributed by atoms with Gasteiger partial charge in [0.1, 0.15) is 12.1 Å². The van der Waals surface area contributed by atoms with Crippen LogP contribution in [0.2, 0.25) is 0 Å². The first-order valence-corrected chi connectivity index (χ1v) is 10.7. The molecule has 2 heterocycles. The van der Waals surface area contributed by atoms with Crippen LogP contribution in [0.25, 0.3) is 21.8 Å². The lowest BCUT2D eigenvalue weighted by Gasteiger charge is -2.16. The number of hydrogen-bond acceptors (Lipinski definition) is 4. The number of aryl methyl sites for hydroxylation is 1. The molecule has 1 saturated heterocycles. The molecule has 3 aromatic rings. The van der Waals surface area contributed by atoms with Crippen LogP contribution in [0.1, 0.15) is 45.2 Å². The molecule has 2 amide bonds. The maximum absolute atomic E-state index is 12.1. The van der Waals surface area contributed by atoms with Crippen molar-refractivity contribution in [2.45, 2.75) is 52.4 Å². The van der Waals surface area contributed by atoms with Gasteiger partial charge in [-0.25, -0.2) is 9.78 Å². The molecule has 2 aromatic carbocycles. The number of hydrogen-bond donors (Lipinski definition) is 3. The number of benzene rings is 2. The van der Waals surface area contributed by atoms with E-state index in [0.717, 1.165) is 52.6 Å². The second-order valence-corrected chi connectivity index (χ2v) is 8.16. The molecule has 3 atom stereocenters.